The molecule has 2 amide bonds. The molecule has 0 aromatic carbocycles. The number of amides is 2. The van der Waals surface area contributed by atoms with Gasteiger partial charge in [-0.25, -0.2) is 4.79 Å². The van der Waals surface area contributed by atoms with Gasteiger partial charge >= 0.3 is 6.03 Å². The fraction of sp³-hybridized carbons (Fsp3) is 0.583. The van der Waals surface area contributed by atoms with Crippen LogP contribution in [0.3, 0.4) is 0 Å². The Balaban J connectivity index is 2.38. The van der Waals surface area contributed by atoms with Gasteiger partial charge in [-0.05, 0) is 42.5 Å². The fourth-order valence-corrected chi connectivity index (χ4v) is 2.86. The Hall–Kier alpha value is -0.720. The summed E-state index contributed by atoms with van der Waals surface area (Å²) < 4.78 is 0. The van der Waals surface area contributed by atoms with Gasteiger partial charge in [-0.3, -0.25) is 0 Å². The van der Waals surface area contributed by atoms with E-state index < -0.39 is 5.60 Å². The minimum absolute atomic E-state index is 0.117. The molecular weight excluding hydrogens is 268 g/mol. The predicted molar refractivity (Wildman–Crippen MR) is 78.3 cm³/mol. The van der Waals surface area contributed by atoms with Crippen LogP contribution in [0.25, 0.3) is 0 Å². The molecule has 1 heterocycles. The number of aliphatic hydroxyl groups is 1. The first kappa shape index (κ1) is 15.3. The topological polar surface area (TPSA) is 61.4 Å². The van der Waals surface area contributed by atoms with Gasteiger partial charge in [0.15, 0.2) is 0 Å². The minimum Gasteiger partial charge on any atom is -0.384 e. The molecule has 3 N–H and O–H groups in total. The second kappa shape index (κ2) is 7.01. The molecule has 0 spiro atoms. The third-order valence-electron chi connectivity index (χ3n) is 2.53. The van der Waals surface area contributed by atoms with Crippen molar-refractivity contribution in [3.05, 3.63) is 22.4 Å². The molecule has 0 saturated carbocycles. The maximum atomic E-state index is 11.6. The molecule has 4 nitrogen and oxygen atoms in total. The molecule has 2 atom stereocenters. The highest BCUT2D eigenvalue weighted by Gasteiger charge is 2.24. The molecule has 0 radical (unpaired) electrons. The van der Waals surface area contributed by atoms with Gasteiger partial charge in [0.1, 0.15) is 5.60 Å². The molecule has 0 aliphatic heterocycles. The van der Waals surface area contributed by atoms with Crippen LogP contribution in [-0.2, 0) is 5.60 Å². The van der Waals surface area contributed by atoms with Crippen LogP contribution in [0.15, 0.2) is 16.8 Å². The van der Waals surface area contributed by atoms with Crippen LogP contribution in [0, 0.1) is 0 Å². The number of hydrogen-bond acceptors (Lipinski definition) is 4. The Labute approximate surface area is 116 Å². The lowest BCUT2D eigenvalue weighted by molar-refractivity contribution is 0.0597. The molecule has 1 aromatic rings. The molecule has 0 fully saturated rings. The predicted octanol–water partition coefficient (Wildman–Crippen LogP) is 2.01. The summed E-state index contributed by atoms with van der Waals surface area (Å²) in [6, 6.07) is 1.73. The van der Waals surface area contributed by atoms with Gasteiger partial charge in [-0.2, -0.15) is 23.1 Å². The van der Waals surface area contributed by atoms with E-state index in [4.69, 9.17) is 0 Å². The van der Waals surface area contributed by atoms with Gasteiger partial charge in [-0.1, -0.05) is 0 Å². The zero-order chi connectivity index (χ0) is 13.6. The second-order valence-electron chi connectivity index (χ2n) is 4.47. The lowest BCUT2D eigenvalue weighted by atomic mass is 9.99. The number of thiophene rings is 1. The summed E-state index contributed by atoms with van der Waals surface area (Å²) in [7, 11) is 0. The molecular formula is C12H20N2O2S2. The molecule has 2 unspecified atom stereocenters. The minimum atomic E-state index is -1.03. The van der Waals surface area contributed by atoms with Gasteiger partial charge in [0, 0.05) is 11.8 Å². The highest BCUT2D eigenvalue weighted by molar-refractivity contribution is 7.98. The number of rotatable bonds is 6. The van der Waals surface area contributed by atoms with Crippen LogP contribution in [-0.4, -0.2) is 35.7 Å². The summed E-state index contributed by atoms with van der Waals surface area (Å²) in [6.07, 6.45) is 2.00. The average Bonchev–Trinajstić information content (AvgIpc) is 2.81. The smallest absolute Gasteiger partial charge is 0.315 e. The summed E-state index contributed by atoms with van der Waals surface area (Å²) in [5.41, 5.74) is -0.204. The summed E-state index contributed by atoms with van der Waals surface area (Å²) >= 11 is 3.21. The standard InChI is InChI=1S/C12H20N2O2S2/c1-9(6-17-3)14-11(15)13-8-12(2,16)10-4-5-18-7-10/h4-5,7,9,16H,6,8H2,1-3H3,(H2,13,14,15). The Morgan fingerprint density at radius 3 is 2.94 bits per heavy atom. The van der Waals surface area contributed by atoms with E-state index >= 15 is 0 Å². The number of hydrogen-bond donors (Lipinski definition) is 3. The van der Waals surface area contributed by atoms with Crippen molar-refractivity contribution < 1.29 is 9.90 Å². The summed E-state index contributed by atoms with van der Waals surface area (Å²) in [6.45, 7) is 3.84. The van der Waals surface area contributed by atoms with E-state index in [1.807, 2.05) is 30.0 Å². The van der Waals surface area contributed by atoms with Crippen molar-refractivity contribution in [3.63, 3.8) is 0 Å². The Bertz CT molecular complexity index is 366. The van der Waals surface area contributed by atoms with E-state index in [9.17, 15) is 9.90 Å². The number of nitrogens with one attached hydrogen (secondary N) is 2. The molecule has 0 aliphatic carbocycles. The van der Waals surface area contributed by atoms with E-state index in [1.165, 1.54) is 11.3 Å². The van der Waals surface area contributed by atoms with Gasteiger partial charge in [-0.15, -0.1) is 0 Å². The van der Waals surface area contributed by atoms with E-state index in [1.54, 1.807) is 18.7 Å². The summed E-state index contributed by atoms with van der Waals surface area (Å²) in [5, 5.41) is 19.5. The fourth-order valence-electron chi connectivity index (χ4n) is 1.49. The molecule has 0 bridgehead atoms. The maximum Gasteiger partial charge on any atom is 0.315 e. The first-order chi connectivity index (χ1) is 8.45. The van der Waals surface area contributed by atoms with Crippen molar-refractivity contribution in [2.75, 3.05) is 18.6 Å². The average molecular weight is 288 g/mol. The molecule has 0 aliphatic rings. The highest BCUT2D eigenvalue weighted by Crippen LogP contribution is 2.21. The molecule has 6 heteroatoms. The van der Waals surface area contributed by atoms with Crippen molar-refractivity contribution in [1.82, 2.24) is 10.6 Å². The van der Waals surface area contributed by atoms with Crippen molar-refractivity contribution in [1.29, 1.82) is 0 Å². The van der Waals surface area contributed by atoms with Crippen LogP contribution in [0.2, 0.25) is 0 Å². The van der Waals surface area contributed by atoms with Crippen LogP contribution in [0.5, 0.6) is 0 Å². The Morgan fingerprint density at radius 2 is 2.39 bits per heavy atom. The second-order valence-corrected chi connectivity index (χ2v) is 6.16. The first-order valence-corrected chi connectivity index (χ1v) is 8.07. The zero-order valence-corrected chi connectivity index (χ0v) is 12.5. The van der Waals surface area contributed by atoms with Gasteiger partial charge in [0.05, 0.1) is 6.54 Å². The van der Waals surface area contributed by atoms with Crippen molar-refractivity contribution >= 4 is 29.1 Å². The van der Waals surface area contributed by atoms with Crippen molar-refractivity contribution in [3.8, 4) is 0 Å². The number of urea groups is 1. The molecule has 18 heavy (non-hydrogen) atoms. The molecule has 0 saturated heterocycles. The molecule has 102 valence electrons. The van der Waals surface area contributed by atoms with Crippen LogP contribution in [0.4, 0.5) is 4.79 Å². The monoisotopic (exact) mass is 288 g/mol. The molecule has 1 rings (SSSR count). The SMILES string of the molecule is CSCC(C)NC(=O)NCC(C)(O)c1ccsc1. The number of carbonyl (C=O) groups is 1. The van der Waals surface area contributed by atoms with E-state index in [-0.39, 0.29) is 18.6 Å². The largest absolute Gasteiger partial charge is 0.384 e. The van der Waals surface area contributed by atoms with E-state index in [0.29, 0.717) is 0 Å². The Kier molecular flexibility index (Phi) is 5.98. The zero-order valence-electron chi connectivity index (χ0n) is 10.9. The lowest BCUT2D eigenvalue weighted by Gasteiger charge is -2.23. The number of carbonyl (C=O) groups excluding carboxylic acids is 1. The van der Waals surface area contributed by atoms with Crippen LogP contribution >= 0.6 is 23.1 Å². The summed E-state index contributed by atoms with van der Waals surface area (Å²) in [5.74, 6) is 0.869. The van der Waals surface area contributed by atoms with Crippen LogP contribution < -0.4 is 10.6 Å². The maximum absolute atomic E-state index is 11.6. The third kappa shape index (κ3) is 4.88. The Morgan fingerprint density at radius 1 is 1.67 bits per heavy atom. The number of thioether (sulfide) groups is 1. The first-order valence-electron chi connectivity index (χ1n) is 5.74. The van der Waals surface area contributed by atoms with Gasteiger partial charge in [0.25, 0.3) is 0 Å². The quantitative estimate of drug-likeness (QED) is 0.750. The third-order valence-corrected chi connectivity index (χ3v) is 4.05. The van der Waals surface area contributed by atoms with Crippen molar-refractivity contribution in [2.45, 2.75) is 25.5 Å². The van der Waals surface area contributed by atoms with Gasteiger partial charge < -0.3 is 15.7 Å². The normalized spacial score (nSPS) is 15.8. The van der Waals surface area contributed by atoms with Crippen molar-refractivity contribution in [2.24, 2.45) is 0 Å². The van der Waals surface area contributed by atoms with Crippen LogP contribution in [0.1, 0.15) is 19.4 Å². The van der Waals surface area contributed by atoms with Gasteiger partial charge in [0.2, 0.25) is 0 Å². The molecule has 1 aromatic heterocycles. The van der Waals surface area contributed by atoms with E-state index in [0.717, 1.165) is 11.3 Å². The summed E-state index contributed by atoms with van der Waals surface area (Å²) in [4.78, 5) is 11.6. The highest BCUT2D eigenvalue weighted by atomic mass is 32.2. The lowest BCUT2D eigenvalue weighted by Crippen LogP contribution is -2.46. The van der Waals surface area contributed by atoms with E-state index in [2.05, 4.69) is 10.6 Å².